The Hall–Kier alpha value is -3.86. The van der Waals surface area contributed by atoms with Crippen LogP contribution in [0.25, 0.3) is 0 Å². The van der Waals surface area contributed by atoms with E-state index in [4.69, 9.17) is 4.74 Å². The van der Waals surface area contributed by atoms with Gasteiger partial charge in [0.1, 0.15) is 0 Å². The third-order valence-corrected chi connectivity index (χ3v) is 8.12. The van der Waals surface area contributed by atoms with Crippen LogP contribution < -0.4 is 24.8 Å². The van der Waals surface area contributed by atoms with E-state index in [0.29, 0.717) is 24.6 Å². The zero-order valence-corrected chi connectivity index (χ0v) is 22.6. The molecule has 208 valence electrons. The molecule has 0 bridgehead atoms. The summed E-state index contributed by atoms with van der Waals surface area (Å²) >= 11 is 0. The number of nitrogens with one attached hydrogen (secondary N) is 1. The van der Waals surface area contributed by atoms with Crippen LogP contribution in [0, 0.1) is 23.0 Å². The first kappa shape index (κ1) is 26.7. The molecule has 2 aromatic carbocycles. The summed E-state index contributed by atoms with van der Waals surface area (Å²) in [4.78, 5) is 43.4. The summed E-state index contributed by atoms with van der Waals surface area (Å²) in [6.45, 7) is 9.31. The summed E-state index contributed by atoms with van der Waals surface area (Å²) in [5.41, 5.74) is 4.00. The van der Waals surface area contributed by atoms with E-state index in [1.807, 2.05) is 19.1 Å². The predicted octanol–water partition coefficient (Wildman–Crippen LogP) is 3.40. The van der Waals surface area contributed by atoms with Gasteiger partial charge in [-0.2, -0.15) is 0 Å². The van der Waals surface area contributed by atoms with E-state index in [2.05, 4.69) is 32.1 Å². The second-order valence-corrected chi connectivity index (χ2v) is 10.6. The average Bonchev–Trinajstić information content (AvgIpc) is 2.94. The molecule has 3 aliphatic heterocycles. The number of hydrogen-bond acceptors (Lipinski definition) is 8. The van der Waals surface area contributed by atoms with Crippen LogP contribution in [-0.4, -0.2) is 81.2 Å². The summed E-state index contributed by atoms with van der Waals surface area (Å²) in [7, 11) is 1.47. The first-order valence-corrected chi connectivity index (χ1v) is 13.6. The lowest BCUT2D eigenvalue weighted by Gasteiger charge is -2.40. The Morgan fingerprint density at radius 2 is 1.62 bits per heavy atom. The number of piperidine rings is 1. The Morgan fingerprint density at radius 1 is 0.949 bits per heavy atom. The highest BCUT2D eigenvalue weighted by Gasteiger charge is 2.27. The highest BCUT2D eigenvalue weighted by atomic mass is 16.6. The molecule has 11 nitrogen and oxygen atoms in total. The number of carbonyl (C=O) groups excluding carboxylic acids is 2. The van der Waals surface area contributed by atoms with Crippen LogP contribution in [0.1, 0.15) is 24.8 Å². The van der Waals surface area contributed by atoms with Gasteiger partial charge in [0.05, 0.1) is 12.0 Å². The van der Waals surface area contributed by atoms with Gasteiger partial charge in [-0.05, 0) is 55.5 Å². The molecule has 3 saturated heterocycles. The number of urea groups is 1. The fourth-order valence-corrected chi connectivity index (χ4v) is 5.87. The summed E-state index contributed by atoms with van der Waals surface area (Å²) in [5, 5.41) is 13.6. The zero-order chi connectivity index (χ0) is 27.5. The van der Waals surface area contributed by atoms with Crippen molar-refractivity contribution >= 4 is 34.7 Å². The number of amides is 3. The number of piperazine rings is 1. The highest BCUT2D eigenvalue weighted by molar-refractivity contribution is 6.06. The van der Waals surface area contributed by atoms with Gasteiger partial charge in [0.15, 0.2) is 5.75 Å². The summed E-state index contributed by atoms with van der Waals surface area (Å²) in [6, 6.07) is 11.0. The Labute approximate surface area is 228 Å². The van der Waals surface area contributed by atoms with Crippen molar-refractivity contribution in [3.05, 3.63) is 52.1 Å². The minimum atomic E-state index is -0.412. The van der Waals surface area contributed by atoms with Crippen LogP contribution >= 0.6 is 0 Å². The van der Waals surface area contributed by atoms with Crippen molar-refractivity contribution < 1.29 is 19.2 Å². The summed E-state index contributed by atoms with van der Waals surface area (Å²) < 4.78 is 5.24. The molecule has 11 heteroatoms. The van der Waals surface area contributed by atoms with Gasteiger partial charge in [0, 0.05) is 88.0 Å². The van der Waals surface area contributed by atoms with Crippen molar-refractivity contribution in [2.24, 2.45) is 5.92 Å². The van der Waals surface area contributed by atoms with E-state index in [9.17, 15) is 19.7 Å². The van der Waals surface area contributed by atoms with E-state index in [0.717, 1.165) is 81.3 Å². The van der Waals surface area contributed by atoms with Crippen molar-refractivity contribution in [3.63, 3.8) is 0 Å². The molecular formula is C28H36N6O5. The Morgan fingerprint density at radius 3 is 2.26 bits per heavy atom. The Kier molecular flexibility index (Phi) is 7.87. The van der Waals surface area contributed by atoms with Gasteiger partial charge < -0.3 is 14.5 Å². The number of nitrogens with zero attached hydrogens (tertiary/aromatic N) is 5. The third-order valence-electron chi connectivity index (χ3n) is 8.12. The normalized spacial score (nSPS) is 19.3. The number of nitro benzene ring substituents is 1. The number of rotatable bonds is 7. The minimum absolute atomic E-state index is 0.00604. The molecule has 0 atom stereocenters. The van der Waals surface area contributed by atoms with Crippen LogP contribution in [0.15, 0.2) is 36.4 Å². The maximum absolute atomic E-state index is 12.2. The molecule has 1 N–H and O–H groups in total. The molecular weight excluding hydrogens is 500 g/mol. The number of benzene rings is 2. The smallest absolute Gasteiger partial charge is 0.328 e. The van der Waals surface area contributed by atoms with Crippen LogP contribution in [0.3, 0.4) is 0 Å². The number of anilines is 3. The van der Waals surface area contributed by atoms with E-state index in [-0.39, 0.29) is 17.6 Å². The highest BCUT2D eigenvalue weighted by Crippen LogP contribution is 2.33. The van der Waals surface area contributed by atoms with E-state index < -0.39 is 4.92 Å². The predicted molar refractivity (Wildman–Crippen MR) is 150 cm³/mol. The number of methoxy groups -OCH3 is 1. The maximum Gasteiger partial charge on any atom is 0.328 e. The van der Waals surface area contributed by atoms with Crippen molar-refractivity contribution in [2.45, 2.75) is 26.2 Å². The van der Waals surface area contributed by atoms with Gasteiger partial charge in [0.2, 0.25) is 5.91 Å². The molecule has 0 unspecified atom stereocenters. The molecule has 3 aliphatic rings. The summed E-state index contributed by atoms with van der Waals surface area (Å²) in [6.07, 6.45) is 2.51. The Bertz CT molecular complexity index is 1240. The first-order chi connectivity index (χ1) is 18.8. The quantitative estimate of drug-likeness (QED) is 0.424. The van der Waals surface area contributed by atoms with Gasteiger partial charge in [-0.25, -0.2) is 4.79 Å². The van der Waals surface area contributed by atoms with E-state index in [1.165, 1.54) is 13.2 Å². The fourth-order valence-electron chi connectivity index (χ4n) is 5.87. The molecule has 39 heavy (non-hydrogen) atoms. The number of aryl methyl sites for hydroxylation is 1. The molecule has 0 spiro atoms. The number of carbonyl (C=O) groups is 2. The second-order valence-electron chi connectivity index (χ2n) is 10.6. The van der Waals surface area contributed by atoms with Gasteiger partial charge in [-0.1, -0.05) is 0 Å². The maximum atomic E-state index is 12.2. The number of imide groups is 1. The van der Waals surface area contributed by atoms with E-state index in [1.54, 1.807) is 11.0 Å². The standard InChI is InChI=1S/C28H36N6O5/c1-20-17-22(3-5-24(20)33-12-9-27(35)29-28(33)36)32-15-13-30(14-16-32)19-21-7-10-31(11-8-21)23-4-6-25(34(37)38)26(18-23)39-2/h3-6,17-18,21H,7-16,19H2,1-2H3,(H,29,35,36). The molecule has 0 aliphatic carbocycles. The number of ether oxygens (including phenoxy) is 1. The molecule has 5 rings (SSSR count). The zero-order valence-electron chi connectivity index (χ0n) is 22.6. The minimum Gasteiger partial charge on any atom is -0.490 e. The lowest BCUT2D eigenvalue weighted by molar-refractivity contribution is -0.385. The molecule has 2 aromatic rings. The third kappa shape index (κ3) is 5.93. The monoisotopic (exact) mass is 536 g/mol. The van der Waals surface area contributed by atoms with Gasteiger partial charge >= 0.3 is 11.7 Å². The molecule has 3 heterocycles. The molecule has 3 fully saturated rings. The van der Waals surface area contributed by atoms with Gasteiger partial charge in [-0.15, -0.1) is 0 Å². The lowest BCUT2D eigenvalue weighted by Crippen LogP contribution is -2.50. The van der Waals surface area contributed by atoms with Crippen LogP contribution in [0.2, 0.25) is 0 Å². The lowest BCUT2D eigenvalue weighted by atomic mass is 9.95. The molecule has 0 aromatic heterocycles. The summed E-state index contributed by atoms with van der Waals surface area (Å²) in [5.74, 6) is 0.715. The number of nitro groups is 1. The average molecular weight is 537 g/mol. The van der Waals surface area contributed by atoms with Crippen molar-refractivity contribution in [1.29, 1.82) is 0 Å². The van der Waals surface area contributed by atoms with Crippen LogP contribution in [0.5, 0.6) is 5.75 Å². The SMILES string of the molecule is COc1cc(N2CCC(CN3CCN(c4ccc(N5CCC(=O)NC5=O)c(C)c4)CC3)CC2)ccc1[N+](=O)[O-]. The van der Waals surface area contributed by atoms with Crippen LogP contribution in [0.4, 0.5) is 27.5 Å². The fraction of sp³-hybridized carbons (Fsp3) is 0.500. The largest absolute Gasteiger partial charge is 0.490 e. The molecule has 0 radical (unpaired) electrons. The second kappa shape index (κ2) is 11.5. The Balaban J connectivity index is 1.10. The van der Waals surface area contributed by atoms with Crippen LogP contribution in [-0.2, 0) is 4.79 Å². The first-order valence-electron chi connectivity index (χ1n) is 13.6. The van der Waals surface area contributed by atoms with Crippen molar-refractivity contribution in [1.82, 2.24) is 10.2 Å². The van der Waals surface area contributed by atoms with E-state index >= 15 is 0 Å². The number of hydrogen-bond donors (Lipinski definition) is 1. The molecule has 3 amide bonds. The van der Waals surface area contributed by atoms with Gasteiger partial charge in [0.25, 0.3) is 0 Å². The molecule has 0 saturated carbocycles. The van der Waals surface area contributed by atoms with Gasteiger partial charge in [-0.3, -0.25) is 30.0 Å². The topological polar surface area (TPSA) is 112 Å². The van der Waals surface area contributed by atoms with Crippen molar-refractivity contribution in [3.8, 4) is 5.75 Å². The van der Waals surface area contributed by atoms with Crippen molar-refractivity contribution in [2.75, 3.05) is 74.2 Å².